The van der Waals surface area contributed by atoms with E-state index in [0.717, 1.165) is 13.1 Å². The average molecular weight is 199 g/mol. The van der Waals surface area contributed by atoms with Crippen LogP contribution in [0.5, 0.6) is 0 Å². The molecule has 5 heteroatoms. The Morgan fingerprint density at radius 3 is 2.43 bits per heavy atom. The van der Waals surface area contributed by atoms with Crippen LogP contribution in [0, 0.1) is 0 Å². The minimum absolute atomic E-state index is 0.0994. The number of amides is 2. The van der Waals surface area contributed by atoms with E-state index >= 15 is 0 Å². The van der Waals surface area contributed by atoms with Crippen LogP contribution in [0.25, 0.3) is 0 Å². The number of hydrogen-bond acceptors (Lipinski definition) is 3. The summed E-state index contributed by atoms with van der Waals surface area (Å²) < 4.78 is 0. The first kappa shape index (κ1) is 11.0. The second-order valence-corrected chi connectivity index (χ2v) is 3.73. The van der Waals surface area contributed by atoms with Crippen molar-refractivity contribution in [2.45, 2.75) is 18.4 Å². The van der Waals surface area contributed by atoms with Crippen LogP contribution in [0.4, 0.5) is 0 Å². The largest absolute Gasteiger partial charge is 0.357 e. The molecule has 0 spiro atoms. The van der Waals surface area contributed by atoms with Gasteiger partial charge in [-0.05, 0) is 19.9 Å². The van der Waals surface area contributed by atoms with Gasteiger partial charge in [0.15, 0.2) is 0 Å². The average Bonchev–Trinajstić information content (AvgIpc) is 2.21. The van der Waals surface area contributed by atoms with Crippen LogP contribution in [0.3, 0.4) is 0 Å². The van der Waals surface area contributed by atoms with E-state index < -0.39 is 5.54 Å². The number of nitrogens with zero attached hydrogens (tertiary/aromatic N) is 1. The Bertz CT molecular complexity index is 222. The highest BCUT2D eigenvalue weighted by atomic mass is 16.2. The van der Waals surface area contributed by atoms with Gasteiger partial charge in [0.1, 0.15) is 5.54 Å². The summed E-state index contributed by atoms with van der Waals surface area (Å²) >= 11 is 0. The normalized spacial score (nSPS) is 21.3. The summed E-state index contributed by atoms with van der Waals surface area (Å²) in [6, 6.07) is 0. The van der Waals surface area contributed by atoms with Crippen molar-refractivity contribution in [2.24, 2.45) is 0 Å². The van der Waals surface area contributed by atoms with Gasteiger partial charge in [-0.15, -0.1) is 0 Å². The van der Waals surface area contributed by atoms with Crippen molar-refractivity contribution in [3.63, 3.8) is 0 Å². The van der Waals surface area contributed by atoms with Gasteiger partial charge in [-0.1, -0.05) is 0 Å². The highest BCUT2D eigenvalue weighted by Crippen LogP contribution is 2.21. The van der Waals surface area contributed by atoms with Crippen molar-refractivity contribution in [1.82, 2.24) is 15.5 Å². The molecule has 1 aliphatic heterocycles. The zero-order valence-electron chi connectivity index (χ0n) is 8.67. The van der Waals surface area contributed by atoms with E-state index in [-0.39, 0.29) is 5.91 Å². The molecule has 1 aliphatic rings. The molecule has 0 aromatic carbocycles. The summed E-state index contributed by atoms with van der Waals surface area (Å²) in [4.78, 5) is 24.3. The molecule has 1 fully saturated rings. The van der Waals surface area contributed by atoms with E-state index in [1.165, 1.54) is 0 Å². The van der Waals surface area contributed by atoms with Crippen LogP contribution < -0.4 is 10.6 Å². The fourth-order valence-corrected chi connectivity index (χ4v) is 1.79. The van der Waals surface area contributed by atoms with Crippen molar-refractivity contribution in [1.29, 1.82) is 0 Å². The number of likely N-dealkylation sites (N-methyl/N-ethyl adjacent to an activating group) is 1. The standard InChI is InChI=1S/C9H17N3O2/c1-10-8(14)9(11-7-13)3-5-12(2)6-4-9/h7H,3-6H2,1-2H3,(H,10,14)(H,11,13). The number of rotatable bonds is 3. The molecule has 1 rings (SSSR count). The number of hydrogen-bond donors (Lipinski definition) is 2. The van der Waals surface area contributed by atoms with Crippen LogP contribution in [-0.2, 0) is 9.59 Å². The van der Waals surface area contributed by atoms with E-state index in [2.05, 4.69) is 15.5 Å². The van der Waals surface area contributed by atoms with Gasteiger partial charge in [-0.2, -0.15) is 0 Å². The molecule has 1 saturated heterocycles. The topological polar surface area (TPSA) is 61.4 Å². The molecular formula is C9H17N3O2. The maximum Gasteiger partial charge on any atom is 0.245 e. The summed E-state index contributed by atoms with van der Waals surface area (Å²) in [5.74, 6) is -0.0994. The van der Waals surface area contributed by atoms with Crippen LogP contribution in [-0.4, -0.2) is 49.9 Å². The van der Waals surface area contributed by atoms with Crippen molar-refractivity contribution in [3.05, 3.63) is 0 Å². The molecule has 0 aliphatic carbocycles. The molecule has 1 heterocycles. The second-order valence-electron chi connectivity index (χ2n) is 3.73. The maximum absolute atomic E-state index is 11.6. The van der Waals surface area contributed by atoms with Gasteiger partial charge in [0, 0.05) is 20.1 Å². The summed E-state index contributed by atoms with van der Waals surface area (Å²) in [6.07, 6.45) is 1.95. The Balaban J connectivity index is 2.72. The lowest BCUT2D eigenvalue weighted by molar-refractivity contribution is -0.131. The molecule has 14 heavy (non-hydrogen) atoms. The first-order chi connectivity index (χ1) is 6.64. The summed E-state index contributed by atoms with van der Waals surface area (Å²) in [7, 11) is 3.60. The predicted molar refractivity (Wildman–Crippen MR) is 52.7 cm³/mol. The highest BCUT2D eigenvalue weighted by Gasteiger charge is 2.39. The number of carbonyl (C=O) groups is 2. The molecule has 0 saturated carbocycles. The fourth-order valence-electron chi connectivity index (χ4n) is 1.79. The Kier molecular flexibility index (Phi) is 3.46. The van der Waals surface area contributed by atoms with E-state index in [1.807, 2.05) is 7.05 Å². The fraction of sp³-hybridized carbons (Fsp3) is 0.778. The van der Waals surface area contributed by atoms with Gasteiger partial charge in [0.2, 0.25) is 12.3 Å². The first-order valence-electron chi connectivity index (χ1n) is 4.77. The van der Waals surface area contributed by atoms with Gasteiger partial charge < -0.3 is 15.5 Å². The van der Waals surface area contributed by atoms with Crippen molar-refractivity contribution in [2.75, 3.05) is 27.2 Å². The van der Waals surface area contributed by atoms with Gasteiger partial charge >= 0.3 is 0 Å². The maximum atomic E-state index is 11.6. The molecule has 5 nitrogen and oxygen atoms in total. The minimum atomic E-state index is -0.691. The summed E-state index contributed by atoms with van der Waals surface area (Å²) in [5, 5.41) is 5.25. The van der Waals surface area contributed by atoms with Crippen LogP contribution >= 0.6 is 0 Å². The third-order valence-electron chi connectivity index (χ3n) is 2.84. The molecule has 0 unspecified atom stereocenters. The number of likely N-dealkylation sites (tertiary alicyclic amines) is 1. The zero-order chi connectivity index (χ0) is 10.6. The Morgan fingerprint density at radius 1 is 1.43 bits per heavy atom. The molecule has 0 aromatic rings. The van der Waals surface area contributed by atoms with Crippen molar-refractivity contribution < 1.29 is 9.59 Å². The third kappa shape index (κ3) is 2.04. The highest BCUT2D eigenvalue weighted by molar-refractivity contribution is 5.88. The number of nitrogens with one attached hydrogen (secondary N) is 2. The van der Waals surface area contributed by atoms with Gasteiger partial charge in [-0.25, -0.2) is 0 Å². The number of piperidine rings is 1. The smallest absolute Gasteiger partial charge is 0.245 e. The lowest BCUT2D eigenvalue weighted by Crippen LogP contribution is -2.60. The SMILES string of the molecule is CNC(=O)C1(NC=O)CCN(C)CC1. The lowest BCUT2D eigenvalue weighted by atomic mass is 9.87. The third-order valence-corrected chi connectivity index (χ3v) is 2.84. The van der Waals surface area contributed by atoms with Crippen molar-refractivity contribution >= 4 is 12.3 Å². The Labute approximate surface area is 83.8 Å². The second kappa shape index (κ2) is 4.41. The quantitative estimate of drug-likeness (QED) is 0.570. The van der Waals surface area contributed by atoms with Crippen LogP contribution in [0.15, 0.2) is 0 Å². The lowest BCUT2D eigenvalue weighted by Gasteiger charge is -2.38. The zero-order valence-corrected chi connectivity index (χ0v) is 8.67. The van der Waals surface area contributed by atoms with Gasteiger partial charge in [0.25, 0.3) is 0 Å². The number of carbonyl (C=O) groups excluding carboxylic acids is 2. The molecule has 80 valence electrons. The molecule has 0 aromatic heterocycles. The Hall–Kier alpha value is -1.10. The van der Waals surface area contributed by atoms with Crippen LogP contribution in [0.2, 0.25) is 0 Å². The summed E-state index contributed by atoms with van der Waals surface area (Å²) in [6.45, 7) is 1.66. The van der Waals surface area contributed by atoms with Gasteiger partial charge in [0.05, 0.1) is 0 Å². The monoisotopic (exact) mass is 199 g/mol. The minimum Gasteiger partial charge on any atom is -0.357 e. The Morgan fingerprint density at radius 2 is 2.00 bits per heavy atom. The molecule has 0 radical (unpaired) electrons. The molecule has 2 amide bonds. The van der Waals surface area contributed by atoms with Crippen molar-refractivity contribution in [3.8, 4) is 0 Å². The van der Waals surface area contributed by atoms with Gasteiger partial charge in [-0.3, -0.25) is 9.59 Å². The van der Waals surface area contributed by atoms with E-state index in [4.69, 9.17) is 0 Å². The first-order valence-corrected chi connectivity index (χ1v) is 4.77. The van der Waals surface area contributed by atoms with E-state index in [9.17, 15) is 9.59 Å². The van der Waals surface area contributed by atoms with E-state index in [0.29, 0.717) is 19.3 Å². The molecular weight excluding hydrogens is 182 g/mol. The van der Waals surface area contributed by atoms with E-state index in [1.54, 1.807) is 7.05 Å². The summed E-state index contributed by atoms with van der Waals surface area (Å²) in [5.41, 5.74) is -0.691. The molecule has 2 N–H and O–H groups in total. The molecule has 0 bridgehead atoms. The molecule has 0 atom stereocenters. The van der Waals surface area contributed by atoms with Crippen LogP contribution in [0.1, 0.15) is 12.8 Å². The predicted octanol–water partition coefficient (Wildman–Crippen LogP) is -1.06.